The van der Waals surface area contributed by atoms with Crippen LogP contribution in [0.4, 0.5) is 10.5 Å². The van der Waals surface area contributed by atoms with Crippen molar-refractivity contribution in [1.82, 2.24) is 9.38 Å². The number of hydrogen-bond donors (Lipinski definition) is 3. The van der Waals surface area contributed by atoms with Crippen molar-refractivity contribution in [2.45, 2.75) is 20.8 Å². The fourth-order valence-corrected chi connectivity index (χ4v) is 4.09. The van der Waals surface area contributed by atoms with Gasteiger partial charge < -0.3 is 16.2 Å². The number of benzene rings is 2. The lowest BCUT2D eigenvalue weighted by Crippen LogP contribution is -2.16. The van der Waals surface area contributed by atoms with E-state index in [1.54, 1.807) is 30.3 Å². The number of nitrogens with zero attached hydrogens (tertiary/aromatic N) is 3. The van der Waals surface area contributed by atoms with Crippen molar-refractivity contribution >= 4 is 44.1 Å². The number of phenolic OH excluding ortho intramolecular Hbond substituents is 1. The Hall–Kier alpha value is -3.65. The number of urea groups is 1. The standard InChI is InChI=1S/C23H23N5O2S/c1-13(2)14(3)10-21(24)27-22(30)25-16-6-4-15(5-7-16)18-12-28-19-9-8-17(29)11-20(19)31-23(28)26-18/h4-13,29H,1-3H3,(H3,24,25,27,30)/b14-10+. The summed E-state index contributed by atoms with van der Waals surface area (Å²) in [5, 5.41) is 12.4. The van der Waals surface area contributed by atoms with Gasteiger partial charge in [-0.25, -0.2) is 9.78 Å². The molecule has 4 rings (SSSR count). The van der Waals surface area contributed by atoms with Gasteiger partial charge in [-0.3, -0.25) is 4.40 Å². The van der Waals surface area contributed by atoms with Crippen LogP contribution >= 0.6 is 11.3 Å². The van der Waals surface area contributed by atoms with Crippen LogP contribution < -0.4 is 11.1 Å². The van der Waals surface area contributed by atoms with Gasteiger partial charge in [-0.15, -0.1) is 0 Å². The number of thiazole rings is 1. The first-order valence-electron chi connectivity index (χ1n) is 9.84. The Morgan fingerprint density at radius 2 is 2.00 bits per heavy atom. The zero-order chi connectivity index (χ0) is 22.1. The minimum Gasteiger partial charge on any atom is -0.508 e. The summed E-state index contributed by atoms with van der Waals surface area (Å²) in [6.45, 7) is 6.06. The third kappa shape index (κ3) is 4.44. The molecule has 0 atom stereocenters. The van der Waals surface area contributed by atoms with Gasteiger partial charge in [0.25, 0.3) is 0 Å². The molecule has 4 aromatic rings. The van der Waals surface area contributed by atoms with E-state index >= 15 is 0 Å². The highest BCUT2D eigenvalue weighted by atomic mass is 32.1. The van der Waals surface area contributed by atoms with Crippen molar-refractivity contribution in [2.75, 3.05) is 5.32 Å². The Labute approximate surface area is 183 Å². The molecule has 0 unspecified atom stereocenters. The van der Waals surface area contributed by atoms with Crippen LogP contribution in [0, 0.1) is 5.92 Å². The maximum absolute atomic E-state index is 12.1. The molecule has 8 heteroatoms. The molecule has 0 aliphatic carbocycles. The second-order valence-electron chi connectivity index (χ2n) is 7.62. The fraction of sp³-hybridized carbons (Fsp3) is 0.174. The van der Waals surface area contributed by atoms with Crippen LogP contribution in [0.5, 0.6) is 5.75 Å². The number of fused-ring (bicyclic) bond motifs is 3. The van der Waals surface area contributed by atoms with Gasteiger partial charge in [-0.1, -0.05) is 42.9 Å². The fourth-order valence-electron chi connectivity index (χ4n) is 3.05. The molecule has 4 N–H and O–H groups in total. The monoisotopic (exact) mass is 433 g/mol. The molecular formula is C23H23N5O2S. The number of nitrogens with two attached hydrogens (primary N) is 1. The summed E-state index contributed by atoms with van der Waals surface area (Å²) in [6, 6.07) is 12.2. The van der Waals surface area contributed by atoms with Gasteiger partial charge in [0.05, 0.1) is 15.9 Å². The smallest absolute Gasteiger partial charge is 0.347 e. The summed E-state index contributed by atoms with van der Waals surface area (Å²) in [7, 11) is 0. The molecule has 7 nitrogen and oxygen atoms in total. The van der Waals surface area contributed by atoms with Crippen molar-refractivity contribution in [3.63, 3.8) is 0 Å². The van der Waals surface area contributed by atoms with Crippen molar-refractivity contribution in [3.8, 4) is 17.0 Å². The molecule has 2 amide bonds. The first kappa shape index (κ1) is 20.6. The predicted molar refractivity (Wildman–Crippen MR) is 127 cm³/mol. The number of anilines is 1. The van der Waals surface area contributed by atoms with Gasteiger partial charge in [-0.2, -0.15) is 4.99 Å². The lowest BCUT2D eigenvalue weighted by Gasteiger charge is -2.05. The zero-order valence-corrected chi connectivity index (χ0v) is 18.3. The number of phenols is 1. The molecule has 0 fully saturated rings. The van der Waals surface area contributed by atoms with E-state index in [0.29, 0.717) is 11.6 Å². The summed E-state index contributed by atoms with van der Waals surface area (Å²) in [6.07, 6.45) is 3.68. The Bertz CT molecular complexity index is 1330. The summed E-state index contributed by atoms with van der Waals surface area (Å²) in [5.41, 5.74) is 10.3. The molecule has 2 aromatic heterocycles. The number of rotatable bonds is 4. The highest BCUT2D eigenvalue weighted by Crippen LogP contribution is 2.31. The zero-order valence-electron chi connectivity index (χ0n) is 17.5. The van der Waals surface area contributed by atoms with Crippen molar-refractivity contribution < 1.29 is 9.90 Å². The summed E-state index contributed by atoms with van der Waals surface area (Å²) in [5.74, 6) is 0.763. The van der Waals surface area contributed by atoms with Crippen molar-refractivity contribution in [2.24, 2.45) is 16.6 Å². The number of hydrogen-bond acceptors (Lipinski definition) is 4. The molecule has 0 bridgehead atoms. The Morgan fingerprint density at radius 1 is 1.26 bits per heavy atom. The van der Waals surface area contributed by atoms with Crippen LogP contribution in [0.2, 0.25) is 0 Å². The third-order valence-corrected chi connectivity index (χ3v) is 6.04. The summed E-state index contributed by atoms with van der Waals surface area (Å²) < 4.78 is 2.99. The Kier molecular flexibility index (Phi) is 5.48. The maximum atomic E-state index is 12.1. The Balaban J connectivity index is 1.50. The van der Waals surface area contributed by atoms with E-state index in [0.717, 1.165) is 32.0 Å². The van der Waals surface area contributed by atoms with E-state index in [1.165, 1.54) is 11.3 Å². The lowest BCUT2D eigenvalue weighted by molar-refractivity contribution is 0.259. The predicted octanol–water partition coefficient (Wildman–Crippen LogP) is 5.41. The van der Waals surface area contributed by atoms with E-state index in [9.17, 15) is 9.90 Å². The van der Waals surface area contributed by atoms with Gasteiger partial charge in [0.1, 0.15) is 11.6 Å². The number of carbonyl (C=O) groups is 1. The highest BCUT2D eigenvalue weighted by Gasteiger charge is 2.11. The molecule has 31 heavy (non-hydrogen) atoms. The largest absolute Gasteiger partial charge is 0.508 e. The third-order valence-electron chi connectivity index (χ3n) is 5.03. The maximum Gasteiger partial charge on any atom is 0.347 e. The summed E-state index contributed by atoms with van der Waals surface area (Å²) >= 11 is 1.52. The molecule has 0 saturated heterocycles. The number of aromatic nitrogens is 2. The minimum atomic E-state index is -0.518. The molecule has 2 aromatic carbocycles. The average Bonchev–Trinajstić information content (AvgIpc) is 3.25. The Morgan fingerprint density at radius 3 is 2.71 bits per heavy atom. The van der Waals surface area contributed by atoms with Gasteiger partial charge in [0.15, 0.2) is 4.96 Å². The number of carbonyl (C=O) groups excluding carboxylic acids is 1. The molecule has 0 radical (unpaired) electrons. The SMILES string of the molecule is C/C(=C\C(N)=N/C(=O)Nc1ccc(-c2cn3c(n2)sc2cc(O)ccc23)cc1)C(C)C. The van der Waals surface area contributed by atoms with Crippen molar-refractivity contribution in [1.29, 1.82) is 0 Å². The van der Waals surface area contributed by atoms with Crippen LogP contribution in [0.25, 0.3) is 26.4 Å². The van der Waals surface area contributed by atoms with E-state index < -0.39 is 6.03 Å². The first-order valence-corrected chi connectivity index (χ1v) is 10.7. The number of imidazole rings is 1. The van der Waals surface area contributed by atoms with E-state index in [4.69, 9.17) is 5.73 Å². The number of aliphatic imine (C=N–C) groups is 1. The average molecular weight is 434 g/mol. The van der Waals surface area contributed by atoms with Crippen LogP contribution in [-0.2, 0) is 0 Å². The minimum absolute atomic E-state index is 0.180. The van der Waals surface area contributed by atoms with Crippen molar-refractivity contribution in [3.05, 3.63) is 60.3 Å². The van der Waals surface area contributed by atoms with Gasteiger partial charge >= 0.3 is 6.03 Å². The molecule has 0 aliphatic heterocycles. The van der Waals surface area contributed by atoms with Crippen LogP contribution in [0.1, 0.15) is 20.8 Å². The molecular weight excluding hydrogens is 410 g/mol. The number of nitrogens with one attached hydrogen (secondary N) is 1. The second-order valence-corrected chi connectivity index (χ2v) is 8.63. The van der Waals surface area contributed by atoms with Crippen LogP contribution in [0.15, 0.2) is 65.3 Å². The van der Waals surface area contributed by atoms with Crippen LogP contribution in [-0.4, -0.2) is 26.4 Å². The van der Waals surface area contributed by atoms with E-state index in [1.807, 2.05) is 35.7 Å². The topological polar surface area (TPSA) is 105 Å². The highest BCUT2D eigenvalue weighted by molar-refractivity contribution is 7.23. The second kappa shape index (κ2) is 8.23. The number of amidine groups is 1. The van der Waals surface area contributed by atoms with Gasteiger partial charge in [0, 0.05) is 17.4 Å². The van der Waals surface area contributed by atoms with E-state index in [2.05, 4.69) is 29.1 Å². The molecule has 0 aliphatic rings. The summed E-state index contributed by atoms with van der Waals surface area (Å²) in [4.78, 5) is 21.5. The number of aromatic hydroxyl groups is 1. The van der Waals surface area contributed by atoms with Crippen LogP contribution in [0.3, 0.4) is 0 Å². The molecule has 0 spiro atoms. The normalized spacial score (nSPS) is 12.8. The molecule has 2 heterocycles. The van der Waals surface area contributed by atoms with Gasteiger partial charge in [0.2, 0.25) is 0 Å². The molecule has 158 valence electrons. The first-order chi connectivity index (χ1) is 14.8. The number of allylic oxidation sites excluding steroid dienone is 1. The van der Waals surface area contributed by atoms with Gasteiger partial charge in [-0.05, 0) is 49.2 Å². The molecule has 0 saturated carbocycles. The number of amides is 2. The lowest BCUT2D eigenvalue weighted by atomic mass is 10.1. The van der Waals surface area contributed by atoms with E-state index in [-0.39, 0.29) is 11.6 Å². The quantitative estimate of drug-likeness (QED) is 0.295.